The summed E-state index contributed by atoms with van der Waals surface area (Å²) >= 11 is 9.24. The Bertz CT molecular complexity index is 615. The summed E-state index contributed by atoms with van der Waals surface area (Å²) in [4.78, 5) is 12.1. The first-order valence-electron chi connectivity index (χ1n) is 6.86. The zero-order valence-electron chi connectivity index (χ0n) is 11.8. The molecule has 110 valence electrons. The van der Waals surface area contributed by atoms with Crippen LogP contribution in [0.15, 0.2) is 53.0 Å². The van der Waals surface area contributed by atoms with E-state index in [9.17, 15) is 4.79 Å². The second-order valence-electron chi connectivity index (χ2n) is 4.99. The second-order valence-corrected chi connectivity index (χ2v) is 6.25. The van der Waals surface area contributed by atoms with E-state index < -0.39 is 0 Å². The first-order chi connectivity index (χ1) is 10.1. The average molecular weight is 367 g/mol. The summed E-state index contributed by atoms with van der Waals surface area (Å²) < 4.78 is 0.731. The maximum atomic E-state index is 12.1. The van der Waals surface area contributed by atoms with Crippen LogP contribution in [0.3, 0.4) is 0 Å². The lowest BCUT2D eigenvalue weighted by Gasteiger charge is -2.12. The average Bonchev–Trinajstić information content (AvgIpc) is 2.50. The van der Waals surface area contributed by atoms with Crippen molar-refractivity contribution in [2.75, 3.05) is 6.54 Å². The Morgan fingerprint density at radius 3 is 2.62 bits per heavy atom. The van der Waals surface area contributed by atoms with Crippen LogP contribution in [-0.4, -0.2) is 12.5 Å². The van der Waals surface area contributed by atoms with E-state index >= 15 is 0 Å². The van der Waals surface area contributed by atoms with Crippen molar-refractivity contribution in [2.24, 2.45) is 0 Å². The Balaban J connectivity index is 1.85. The summed E-state index contributed by atoms with van der Waals surface area (Å²) in [6.07, 6.45) is 0.907. The summed E-state index contributed by atoms with van der Waals surface area (Å²) in [6, 6.07) is 15.5. The Morgan fingerprint density at radius 2 is 1.95 bits per heavy atom. The van der Waals surface area contributed by atoms with Crippen molar-refractivity contribution >= 4 is 33.4 Å². The number of benzene rings is 2. The number of carbonyl (C=O) groups excluding carboxylic acids is 1. The van der Waals surface area contributed by atoms with Gasteiger partial charge >= 0.3 is 0 Å². The lowest BCUT2D eigenvalue weighted by molar-refractivity contribution is 0.0952. The van der Waals surface area contributed by atoms with Crippen LogP contribution in [0.4, 0.5) is 0 Å². The van der Waals surface area contributed by atoms with Crippen molar-refractivity contribution < 1.29 is 4.79 Å². The van der Waals surface area contributed by atoms with E-state index in [1.54, 1.807) is 18.2 Å². The second kappa shape index (κ2) is 7.62. The van der Waals surface area contributed by atoms with Crippen molar-refractivity contribution in [1.82, 2.24) is 5.32 Å². The van der Waals surface area contributed by atoms with Crippen LogP contribution in [0.5, 0.6) is 0 Å². The molecule has 4 heteroatoms. The summed E-state index contributed by atoms with van der Waals surface area (Å²) in [7, 11) is 0. The molecule has 2 aromatic rings. The molecule has 0 aliphatic carbocycles. The van der Waals surface area contributed by atoms with Crippen LogP contribution < -0.4 is 5.32 Å². The van der Waals surface area contributed by atoms with Gasteiger partial charge in [-0.05, 0) is 52.0 Å². The van der Waals surface area contributed by atoms with E-state index in [1.807, 2.05) is 18.2 Å². The van der Waals surface area contributed by atoms with Crippen molar-refractivity contribution in [2.45, 2.75) is 19.3 Å². The predicted octanol–water partition coefficient (Wildman–Crippen LogP) is 5.03. The van der Waals surface area contributed by atoms with Crippen molar-refractivity contribution in [3.63, 3.8) is 0 Å². The fourth-order valence-electron chi connectivity index (χ4n) is 2.09. The molecule has 0 saturated carbocycles. The molecule has 0 spiro atoms. The van der Waals surface area contributed by atoms with E-state index in [4.69, 9.17) is 11.6 Å². The molecule has 1 amide bonds. The topological polar surface area (TPSA) is 29.1 Å². The molecule has 0 aliphatic rings. The molecule has 1 unspecified atom stereocenters. The number of amides is 1. The molecule has 0 aliphatic heterocycles. The first-order valence-corrected chi connectivity index (χ1v) is 8.03. The molecule has 0 heterocycles. The van der Waals surface area contributed by atoms with E-state index in [2.05, 4.69) is 40.3 Å². The molecule has 2 nitrogen and oxygen atoms in total. The normalized spacial score (nSPS) is 12.0. The zero-order valence-corrected chi connectivity index (χ0v) is 14.1. The highest BCUT2D eigenvalue weighted by Gasteiger charge is 2.09. The van der Waals surface area contributed by atoms with Crippen molar-refractivity contribution in [3.05, 3.63) is 69.2 Å². The van der Waals surface area contributed by atoms with E-state index in [0.29, 0.717) is 23.0 Å². The Labute approximate surface area is 138 Å². The lowest BCUT2D eigenvalue weighted by Crippen LogP contribution is -2.25. The zero-order chi connectivity index (χ0) is 15.2. The Morgan fingerprint density at radius 1 is 1.24 bits per heavy atom. The molecule has 0 fully saturated rings. The van der Waals surface area contributed by atoms with Gasteiger partial charge in [0.05, 0.1) is 5.02 Å². The first kappa shape index (κ1) is 16.1. The van der Waals surface area contributed by atoms with E-state index in [-0.39, 0.29) is 5.91 Å². The fraction of sp³-hybridized carbons (Fsp3) is 0.235. The van der Waals surface area contributed by atoms with Crippen molar-refractivity contribution in [1.29, 1.82) is 0 Å². The summed E-state index contributed by atoms with van der Waals surface area (Å²) in [5, 5.41) is 3.54. The number of nitrogens with one attached hydrogen (secondary N) is 1. The van der Waals surface area contributed by atoms with Crippen LogP contribution in [-0.2, 0) is 0 Å². The molecule has 1 atom stereocenters. The predicted molar refractivity (Wildman–Crippen MR) is 91.0 cm³/mol. The number of hydrogen-bond acceptors (Lipinski definition) is 1. The third kappa shape index (κ3) is 4.58. The minimum atomic E-state index is -0.0763. The minimum Gasteiger partial charge on any atom is -0.352 e. The monoisotopic (exact) mass is 365 g/mol. The molecule has 21 heavy (non-hydrogen) atoms. The van der Waals surface area contributed by atoms with Gasteiger partial charge in [0.15, 0.2) is 0 Å². The highest BCUT2D eigenvalue weighted by molar-refractivity contribution is 9.10. The summed E-state index contributed by atoms with van der Waals surface area (Å²) in [5.41, 5.74) is 1.90. The lowest BCUT2D eigenvalue weighted by atomic mass is 9.98. The van der Waals surface area contributed by atoms with Gasteiger partial charge in [-0.2, -0.15) is 0 Å². The number of hydrogen-bond donors (Lipinski definition) is 1. The van der Waals surface area contributed by atoms with Crippen LogP contribution in [0, 0.1) is 0 Å². The van der Waals surface area contributed by atoms with Crippen LogP contribution in [0.2, 0.25) is 5.02 Å². The maximum absolute atomic E-state index is 12.1. The smallest absolute Gasteiger partial charge is 0.251 e. The number of carbonyl (C=O) groups is 1. The van der Waals surface area contributed by atoms with Gasteiger partial charge in [0.1, 0.15) is 0 Å². The maximum Gasteiger partial charge on any atom is 0.251 e. The Hall–Kier alpha value is -1.32. The minimum absolute atomic E-state index is 0.0763. The van der Waals surface area contributed by atoms with Gasteiger partial charge in [-0.15, -0.1) is 0 Å². The fourth-order valence-corrected chi connectivity index (χ4v) is 2.59. The van der Waals surface area contributed by atoms with E-state index in [0.717, 1.165) is 10.9 Å². The molecular weight excluding hydrogens is 350 g/mol. The Kier molecular flexibility index (Phi) is 5.83. The van der Waals surface area contributed by atoms with Gasteiger partial charge in [-0.1, -0.05) is 48.9 Å². The van der Waals surface area contributed by atoms with Gasteiger partial charge in [0, 0.05) is 16.6 Å². The van der Waals surface area contributed by atoms with E-state index in [1.165, 1.54) is 5.56 Å². The quantitative estimate of drug-likeness (QED) is 0.790. The van der Waals surface area contributed by atoms with Crippen molar-refractivity contribution in [3.8, 4) is 0 Å². The highest BCUT2D eigenvalue weighted by atomic mass is 79.9. The van der Waals surface area contributed by atoms with Gasteiger partial charge in [-0.25, -0.2) is 0 Å². The summed E-state index contributed by atoms with van der Waals surface area (Å²) in [6.45, 7) is 2.81. The molecule has 0 saturated heterocycles. The molecule has 2 rings (SSSR count). The SMILES string of the molecule is CC(CCNC(=O)c1ccc(Cl)c(Br)c1)c1ccccc1. The molecule has 2 aromatic carbocycles. The molecule has 0 radical (unpaired) electrons. The van der Waals surface area contributed by atoms with Crippen LogP contribution in [0.25, 0.3) is 0 Å². The van der Waals surface area contributed by atoms with Crippen LogP contribution >= 0.6 is 27.5 Å². The number of halogens is 2. The highest BCUT2D eigenvalue weighted by Crippen LogP contribution is 2.23. The standard InChI is InChI=1S/C17H17BrClNO/c1-12(13-5-3-2-4-6-13)9-10-20-17(21)14-7-8-16(19)15(18)11-14/h2-8,11-12H,9-10H2,1H3,(H,20,21). The number of rotatable bonds is 5. The largest absolute Gasteiger partial charge is 0.352 e. The van der Waals surface area contributed by atoms with Gasteiger partial charge in [-0.3, -0.25) is 4.79 Å². The molecule has 0 bridgehead atoms. The van der Waals surface area contributed by atoms with Gasteiger partial charge < -0.3 is 5.32 Å². The molecular formula is C17H17BrClNO. The van der Waals surface area contributed by atoms with Gasteiger partial charge in [0.2, 0.25) is 0 Å². The molecule has 1 N–H and O–H groups in total. The van der Waals surface area contributed by atoms with Gasteiger partial charge in [0.25, 0.3) is 5.91 Å². The summed E-state index contributed by atoms with van der Waals surface area (Å²) in [5.74, 6) is 0.344. The third-order valence-electron chi connectivity index (χ3n) is 3.41. The third-order valence-corrected chi connectivity index (χ3v) is 4.63. The molecule has 0 aromatic heterocycles. The van der Waals surface area contributed by atoms with Crippen LogP contribution in [0.1, 0.15) is 35.2 Å².